The van der Waals surface area contributed by atoms with Crippen molar-refractivity contribution in [3.8, 4) is 0 Å². The van der Waals surface area contributed by atoms with Crippen LogP contribution in [0, 0.1) is 0 Å². The average Bonchev–Trinajstić information content (AvgIpc) is 3.01. The quantitative estimate of drug-likeness (QED) is 0.878. The number of nitrogens with zero attached hydrogens (tertiary/aromatic N) is 1. The molecular weight excluding hydrogens is 288 g/mol. The van der Waals surface area contributed by atoms with E-state index < -0.39 is 10.0 Å². The molecule has 0 aromatic heterocycles. The predicted molar refractivity (Wildman–Crippen MR) is 82.5 cm³/mol. The van der Waals surface area contributed by atoms with Crippen molar-refractivity contribution in [1.82, 2.24) is 4.31 Å². The number of anilines is 1. The molecule has 1 aliphatic heterocycles. The largest absolute Gasteiger partial charge is 0.398 e. The second-order valence-corrected chi connectivity index (χ2v) is 7.20. The van der Waals surface area contributed by atoms with Crippen LogP contribution in [0.15, 0.2) is 41.3 Å². The number of hydrogen-bond acceptors (Lipinski definition) is 4. The first-order valence-electron chi connectivity index (χ1n) is 6.85. The lowest BCUT2D eigenvalue weighted by Crippen LogP contribution is -2.37. The van der Waals surface area contributed by atoms with Crippen molar-refractivity contribution < 1.29 is 13.2 Å². The van der Waals surface area contributed by atoms with Crippen molar-refractivity contribution in [1.29, 1.82) is 0 Å². The molecule has 0 bridgehead atoms. The minimum Gasteiger partial charge on any atom is -0.398 e. The summed E-state index contributed by atoms with van der Waals surface area (Å²) in [7, 11) is -1.96. The number of sulfonamides is 1. The van der Waals surface area contributed by atoms with E-state index in [1.807, 2.05) is 18.2 Å². The number of nitrogens with two attached hydrogens (primary N) is 1. The summed E-state index contributed by atoms with van der Waals surface area (Å²) < 4.78 is 32.5. The van der Waals surface area contributed by atoms with Crippen LogP contribution in [0.2, 0.25) is 0 Å². The van der Waals surface area contributed by atoms with Crippen LogP contribution in [-0.2, 0) is 14.8 Å². The van der Waals surface area contributed by atoms with E-state index in [-0.39, 0.29) is 6.04 Å². The zero-order chi connectivity index (χ0) is 15.0. The maximum atomic E-state index is 12.9. The molecule has 2 N–H and O–H groups in total. The molecule has 1 aliphatic rings. The van der Waals surface area contributed by atoms with E-state index in [4.69, 9.17) is 10.5 Å². The van der Waals surface area contributed by atoms with Crippen LogP contribution < -0.4 is 5.73 Å². The third-order valence-corrected chi connectivity index (χ3v) is 5.96. The van der Waals surface area contributed by atoms with E-state index in [0.29, 0.717) is 29.2 Å². The number of fused-ring (bicyclic) bond motifs is 1. The summed E-state index contributed by atoms with van der Waals surface area (Å²) in [4.78, 5) is 0.293. The Bertz CT molecular complexity index is 768. The Morgan fingerprint density at radius 3 is 2.57 bits per heavy atom. The van der Waals surface area contributed by atoms with Gasteiger partial charge in [-0.15, -0.1) is 0 Å². The molecule has 21 heavy (non-hydrogen) atoms. The van der Waals surface area contributed by atoms with E-state index in [2.05, 4.69) is 0 Å². The van der Waals surface area contributed by atoms with Gasteiger partial charge in [-0.3, -0.25) is 0 Å². The van der Waals surface area contributed by atoms with Gasteiger partial charge in [-0.2, -0.15) is 4.31 Å². The van der Waals surface area contributed by atoms with Gasteiger partial charge < -0.3 is 10.5 Å². The highest BCUT2D eigenvalue weighted by Crippen LogP contribution is 2.30. The van der Waals surface area contributed by atoms with Crippen molar-refractivity contribution in [3.05, 3.63) is 36.4 Å². The molecule has 5 nitrogen and oxygen atoms in total. The molecule has 0 amide bonds. The molecule has 6 heteroatoms. The Labute approximate surface area is 124 Å². The highest BCUT2D eigenvalue weighted by atomic mass is 32.2. The van der Waals surface area contributed by atoms with Gasteiger partial charge in [0.05, 0.1) is 17.5 Å². The van der Waals surface area contributed by atoms with Crippen LogP contribution in [0.4, 0.5) is 5.69 Å². The van der Waals surface area contributed by atoms with Crippen molar-refractivity contribution in [2.24, 2.45) is 0 Å². The molecule has 112 valence electrons. The van der Waals surface area contributed by atoms with Gasteiger partial charge in [0.1, 0.15) is 0 Å². The van der Waals surface area contributed by atoms with Crippen molar-refractivity contribution in [3.63, 3.8) is 0 Å². The lowest BCUT2D eigenvalue weighted by Gasteiger charge is -2.23. The Morgan fingerprint density at radius 1 is 1.19 bits per heavy atom. The van der Waals surface area contributed by atoms with Crippen molar-refractivity contribution in [2.75, 3.05) is 26.0 Å². The number of ether oxygens (including phenoxy) is 1. The summed E-state index contributed by atoms with van der Waals surface area (Å²) in [6, 6.07) is 10.4. The summed E-state index contributed by atoms with van der Waals surface area (Å²) in [6.07, 6.45) is 0.725. The minimum atomic E-state index is -3.57. The van der Waals surface area contributed by atoms with Crippen LogP contribution in [-0.4, -0.2) is 39.0 Å². The molecule has 1 saturated heterocycles. The van der Waals surface area contributed by atoms with Gasteiger partial charge in [-0.25, -0.2) is 8.42 Å². The maximum Gasteiger partial charge on any atom is 0.243 e. The second kappa shape index (κ2) is 5.29. The van der Waals surface area contributed by atoms with Gasteiger partial charge in [-0.05, 0) is 18.6 Å². The van der Waals surface area contributed by atoms with Gasteiger partial charge in [0, 0.05) is 30.1 Å². The maximum absolute atomic E-state index is 12.9. The number of likely N-dealkylation sites (N-methyl/N-ethyl adjacent to an activating group) is 1. The molecule has 1 heterocycles. The molecule has 1 fully saturated rings. The average molecular weight is 306 g/mol. The highest BCUT2D eigenvalue weighted by molar-refractivity contribution is 7.89. The van der Waals surface area contributed by atoms with E-state index in [9.17, 15) is 8.42 Å². The fourth-order valence-electron chi connectivity index (χ4n) is 2.68. The topological polar surface area (TPSA) is 72.6 Å². The van der Waals surface area contributed by atoms with Crippen molar-refractivity contribution in [2.45, 2.75) is 17.4 Å². The third-order valence-electron chi connectivity index (χ3n) is 3.99. The first-order chi connectivity index (χ1) is 10.0. The fourth-order valence-corrected chi connectivity index (χ4v) is 4.24. The lowest BCUT2D eigenvalue weighted by molar-refractivity contribution is 0.181. The van der Waals surface area contributed by atoms with E-state index >= 15 is 0 Å². The van der Waals surface area contributed by atoms with E-state index in [1.165, 1.54) is 4.31 Å². The molecule has 0 radical (unpaired) electrons. The Balaban J connectivity index is 2.13. The standard InChI is InChI=1S/C15H18N2O3S/c1-17(11-8-9-20-10-11)21(18,19)15-7-6-14(16)12-4-2-3-5-13(12)15/h2-7,11H,8-10,16H2,1H3. The zero-order valence-corrected chi connectivity index (χ0v) is 12.6. The Kier molecular flexibility index (Phi) is 3.61. The molecule has 2 aromatic rings. The predicted octanol–water partition coefficient (Wildman–Crippen LogP) is 1.83. The second-order valence-electron chi connectivity index (χ2n) is 5.24. The van der Waals surface area contributed by atoms with Crippen molar-refractivity contribution >= 4 is 26.5 Å². The molecule has 0 aliphatic carbocycles. The monoisotopic (exact) mass is 306 g/mol. The summed E-state index contributed by atoms with van der Waals surface area (Å²) in [6.45, 7) is 1.05. The first-order valence-corrected chi connectivity index (χ1v) is 8.29. The van der Waals surface area contributed by atoms with Gasteiger partial charge in [0.2, 0.25) is 10.0 Å². The number of nitrogen functional groups attached to an aromatic ring is 1. The zero-order valence-electron chi connectivity index (χ0n) is 11.8. The third kappa shape index (κ3) is 2.39. The Hall–Kier alpha value is -1.63. The normalized spacial score (nSPS) is 19.4. The number of rotatable bonds is 3. The molecule has 3 rings (SSSR count). The van der Waals surface area contributed by atoms with Crippen LogP contribution >= 0.6 is 0 Å². The van der Waals surface area contributed by atoms with E-state index in [1.54, 1.807) is 25.2 Å². The van der Waals surface area contributed by atoms with Gasteiger partial charge in [0.15, 0.2) is 0 Å². The molecule has 1 unspecified atom stereocenters. The Morgan fingerprint density at radius 2 is 1.90 bits per heavy atom. The summed E-state index contributed by atoms with van der Waals surface area (Å²) >= 11 is 0. The van der Waals surface area contributed by atoms with Gasteiger partial charge in [0.25, 0.3) is 0 Å². The lowest BCUT2D eigenvalue weighted by atomic mass is 10.1. The van der Waals surface area contributed by atoms with E-state index in [0.717, 1.165) is 11.8 Å². The molecule has 0 spiro atoms. The summed E-state index contributed by atoms with van der Waals surface area (Å²) in [5.41, 5.74) is 6.52. The molecular formula is C15H18N2O3S. The van der Waals surface area contributed by atoms with Crippen LogP contribution in [0.25, 0.3) is 10.8 Å². The fraction of sp³-hybridized carbons (Fsp3) is 0.333. The smallest absolute Gasteiger partial charge is 0.243 e. The number of benzene rings is 2. The molecule has 2 aromatic carbocycles. The first kappa shape index (κ1) is 14.3. The van der Waals surface area contributed by atoms with Crippen LogP contribution in [0.3, 0.4) is 0 Å². The summed E-state index contributed by atoms with van der Waals surface area (Å²) in [5, 5.41) is 1.41. The highest BCUT2D eigenvalue weighted by Gasteiger charge is 2.31. The summed E-state index contributed by atoms with van der Waals surface area (Å²) in [5.74, 6) is 0. The SMILES string of the molecule is CN(C1CCOC1)S(=O)(=O)c1ccc(N)c2ccccc12. The minimum absolute atomic E-state index is 0.105. The van der Waals surface area contributed by atoms with Gasteiger partial charge >= 0.3 is 0 Å². The van der Waals surface area contributed by atoms with Crippen LogP contribution in [0.1, 0.15) is 6.42 Å². The molecule has 0 saturated carbocycles. The van der Waals surface area contributed by atoms with Gasteiger partial charge in [-0.1, -0.05) is 24.3 Å². The molecule has 1 atom stereocenters. The number of hydrogen-bond donors (Lipinski definition) is 1. The van der Waals surface area contributed by atoms with Crippen LogP contribution in [0.5, 0.6) is 0 Å².